The molecular weight excluding hydrogens is 337 g/mol. The van der Waals surface area contributed by atoms with Crippen molar-refractivity contribution >= 4 is 26.0 Å². The number of hydrogen-bond donors (Lipinski definition) is 2. The van der Waals surface area contributed by atoms with Gasteiger partial charge in [0.2, 0.25) is 10.0 Å². The summed E-state index contributed by atoms with van der Waals surface area (Å²) in [5.41, 5.74) is -0.0568. The monoisotopic (exact) mass is 353 g/mol. The fourth-order valence-electron chi connectivity index (χ4n) is 1.49. The first-order valence-corrected chi connectivity index (χ1v) is 8.14. The van der Waals surface area contributed by atoms with Crippen LogP contribution in [0.1, 0.15) is 25.8 Å². The van der Waals surface area contributed by atoms with E-state index in [1.54, 1.807) is 0 Å². The standard InChI is InChI=1S/C12H17BrFNO3S/c1-8(2)3-4-15-19(17,18)11-6-10(13)5-9(7-16)12(11)14/h5-6,8,15-16H,3-4,7H2,1-2H3. The summed E-state index contributed by atoms with van der Waals surface area (Å²) in [6.45, 7) is 3.63. The number of aliphatic hydroxyl groups is 1. The van der Waals surface area contributed by atoms with Crippen molar-refractivity contribution in [1.82, 2.24) is 4.72 Å². The van der Waals surface area contributed by atoms with E-state index in [-0.39, 0.29) is 12.1 Å². The molecule has 0 radical (unpaired) electrons. The number of sulfonamides is 1. The van der Waals surface area contributed by atoms with Gasteiger partial charge in [-0.05, 0) is 24.5 Å². The van der Waals surface area contributed by atoms with E-state index >= 15 is 0 Å². The normalized spacial score (nSPS) is 12.1. The quantitative estimate of drug-likeness (QED) is 0.825. The van der Waals surface area contributed by atoms with Crippen molar-refractivity contribution in [2.24, 2.45) is 5.92 Å². The maximum absolute atomic E-state index is 13.9. The topological polar surface area (TPSA) is 66.4 Å². The van der Waals surface area contributed by atoms with E-state index < -0.39 is 27.3 Å². The molecule has 0 aliphatic heterocycles. The molecule has 0 aromatic heterocycles. The zero-order valence-corrected chi connectivity index (χ0v) is 13.2. The predicted molar refractivity (Wildman–Crippen MR) is 74.7 cm³/mol. The number of halogens is 2. The maximum Gasteiger partial charge on any atom is 0.243 e. The third-order valence-electron chi connectivity index (χ3n) is 2.55. The summed E-state index contributed by atoms with van der Waals surface area (Å²) < 4.78 is 40.7. The first-order valence-electron chi connectivity index (χ1n) is 5.86. The Morgan fingerprint density at radius 2 is 2.05 bits per heavy atom. The van der Waals surface area contributed by atoms with Crippen LogP contribution >= 0.6 is 15.9 Å². The van der Waals surface area contributed by atoms with Gasteiger partial charge in [-0.15, -0.1) is 0 Å². The molecule has 108 valence electrons. The molecule has 0 bridgehead atoms. The molecule has 0 saturated heterocycles. The molecule has 0 spiro atoms. The molecule has 0 atom stereocenters. The molecule has 0 fully saturated rings. The van der Waals surface area contributed by atoms with E-state index in [1.807, 2.05) is 13.8 Å². The van der Waals surface area contributed by atoms with Crippen LogP contribution in [0.2, 0.25) is 0 Å². The van der Waals surface area contributed by atoms with Crippen molar-refractivity contribution in [1.29, 1.82) is 0 Å². The van der Waals surface area contributed by atoms with Crippen LogP contribution < -0.4 is 4.72 Å². The summed E-state index contributed by atoms with van der Waals surface area (Å²) in [6, 6.07) is 2.54. The van der Waals surface area contributed by atoms with E-state index in [2.05, 4.69) is 20.7 Å². The molecule has 19 heavy (non-hydrogen) atoms. The molecule has 2 N–H and O–H groups in total. The van der Waals surface area contributed by atoms with Gasteiger partial charge in [-0.25, -0.2) is 17.5 Å². The van der Waals surface area contributed by atoms with Crippen molar-refractivity contribution in [3.8, 4) is 0 Å². The molecule has 0 aliphatic rings. The van der Waals surface area contributed by atoms with Crippen LogP contribution in [0.5, 0.6) is 0 Å². The first kappa shape index (κ1) is 16.6. The van der Waals surface area contributed by atoms with E-state index in [9.17, 15) is 12.8 Å². The molecule has 1 aromatic rings. The second kappa shape index (κ2) is 6.78. The molecule has 0 unspecified atom stereocenters. The summed E-state index contributed by atoms with van der Waals surface area (Å²) in [4.78, 5) is -0.449. The lowest BCUT2D eigenvalue weighted by atomic mass is 10.1. The molecular formula is C12H17BrFNO3S. The van der Waals surface area contributed by atoms with Crippen LogP contribution in [-0.4, -0.2) is 20.1 Å². The Kier molecular flexibility index (Phi) is 5.91. The van der Waals surface area contributed by atoms with Gasteiger partial charge in [-0.3, -0.25) is 0 Å². The van der Waals surface area contributed by atoms with E-state index in [1.165, 1.54) is 12.1 Å². The highest BCUT2D eigenvalue weighted by Gasteiger charge is 2.21. The van der Waals surface area contributed by atoms with Crippen LogP contribution in [0.25, 0.3) is 0 Å². The summed E-state index contributed by atoms with van der Waals surface area (Å²) in [5, 5.41) is 9.01. The second-order valence-electron chi connectivity index (χ2n) is 4.62. The van der Waals surface area contributed by atoms with Gasteiger partial charge in [0, 0.05) is 16.6 Å². The summed E-state index contributed by atoms with van der Waals surface area (Å²) in [7, 11) is -3.91. The lowest BCUT2D eigenvalue weighted by molar-refractivity contribution is 0.274. The smallest absolute Gasteiger partial charge is 0.243 e. The van der Waals surface area contributed by atoms with Crippen LogP contribution in [0.4, 0.5) is 4.39 Å². The minimum atomic E-state index is -3.91. The van der Waals surface area contributed by atoms with Gasteiger partial charge in [-0.1, -0.05) is 29.8 Å². The van der Waals surface area contributed by atoms with Crippen LogP contribution in [0.15, 0.2) is 21.5 Å². The fraction of sp³-hybridized carbons (Fsp3) is 0.500. The molecule has 1 rings (SSSR count). The largest absolute Gasteiger partial charge is 0.392 e. The van der Waals surface area contributed by atoms with Gasteiger partial charge in [0.1, 0.15) is 10.7 Å². The van der Waals surface area contributed by atoms with Gasteiger partial charge in [0.15, 0.2) is 0 Å². The molecule has 0 amide bonds. The predicted octanol–water partition coefficient (Wildman–Crippen LogP) is 2.40. The molecule has 7 heteroatoms. The summed E-state index contributed by atoms with van der Waals surface area (Å²) >= 11 is 3.10. The Morgan fingerprint density at radius 1 is 1.42 bits per heavy atom. The van der Waals surface area contributed by atoms with Crippen LogP contribution in [0.3, 0.4) is 0 Å². The summed E-state index contributed by atoms with van der Waals surface area (Å²) in [6.07, 6.45) is 0.668. The van der Waals surface area contributed by atoms with E-state index in [0.717, 1.165) is 0 Å². The first-order chi connectivity index (χ1) is 8.77. The highest BCUT2D eigenvalue weighted by molar-refractivity contribution is 9.10. The lowest BCUT2D eigenvalue weighted by Crippen LogP contribution is -2.26. The van der Waals surface area contributed by atoms with E-state index in [0.29, 0.717) is 16.8 Å². The van der Waals surface area contributed by atoms with Gasteiger partial charge >= 0.3 is 0 Å². The van der Waals surface area contributed by atoms with Gasteiger partial charge in [0.05, 0.1) is 6.61 Å². The lowest BCUT2D eigenvalue weighted by Gasteiger charge is -2.11. The number of aliphatic hydroxyl groups excluding tert-OH is 1. The number of hydrogen-bond acceptors (Lipinski definition) is 3. The van der Waals surface area contributed by atoms with Crippen molar-refractivity contribution in [2.45, 2.75) is 31.8 Å². The van der Waals surface area contributed by atoms with Gasteiger partial charge < -0.3 is 5.11 Å². The van der Waals surface area contributed by atoms with Gasteiger partial charge in [0.25, 0.3) is 0 Å². The van der Waals surface area contributed by atoms with E-state index in [4.69, 9.17) is 5.11 Å². The number of rotatable bonds is 6. The average molecular weight is 354 g/mol. The minimum Gasteiger partial charge on any atom is -0.392 e. The molecule has 0 aliphatic carbocycles. The second-order valence-corrected chi connectivity index (χ2v) is 7.27. The van der Waals surface area contributed by atoms with Crippen molar-refractivity contribution in [3.63, 3.8) is 0 Å². The van der Waals surface area contributed by atoms with Crippen LogP contribution in [-0.2, 0) is 16.6 Å². The van der Waals surface area contributed by atoms with Gasteiger partial charge in [-0.2, -0.15) is 0 Å². The SMILES string of the molecule is CC(C)CCNS(=O)(=O)c1cc(Br)cc(CO)c1F. The van der Waals surface area contributed by atoms with Crippen molar-refractivity contribution in [3.05, 3.63) is 28.0 Å². The fourth-order valence-corrected chi connectivity index (χ4v) is 3.34. The Hall–Kier alpha value is -0.500. The highest BCUT2D eigenvalue weighted by Crippen LogP contribution is 2.24. The average Bonchev–Trinajstić information content (AvgIpc) is 2.30. The third-order valence-corrected chi connectivity index (χ3v) is 4.47. The molecule has 4 nitrogen and oxygen atoms in total. The zero-order chi connectivity index (χ0) is 14.6. The summed E-state index contributed by atoms with van der Waals surface area (Å²) in [5.74, 6) is -0.564. The Bertz CT molecular complexity index is 546. The Balaban J connectivity index is 3.04. The zero-order valence-electron chi connectivity index (χ0n) is 10.8. The molecule has 1 aromatic carbocycles. The van der Waals surface area contributed by atoms with Crippen molar-refractivity contribution in [2.75, 3.05) is 6.54 Å². The Labute approximate surface area is 121 Å². The number of nitrogens with one attached hydrogen (secondary N) is 1. The maximum atomic E-state index is 13.9. The van der Waals surface area contributed by atoms with Crippen LogP contribution in [0, 0.1) is 11.7 Å². The van der Waals surface area contributed by atoms with Crippen molar-refractivity contribution < 1.29 is 17.9 Å². The number of benzene rings is 1. The third kappa shape index (κ3) is 4.52. The molecule has 0 heterocycles. The Morgan fingerprint density at radius 3 is 2.58 bits per heavy atom. The highest BCUT2D eigenvalue weighted by atomic mass is 79.9. The minimum absolute atomic E-state index is 0.0568. The molecule has 0 saturated carbocycles.